The molecule has 4 aliphatic heterocycles. The number of nitrogens with zero attached hydrogens (tertiary/aromatic N) is 6. The van der Waals surface area contributed by atoms with Crippen LogP contribution in [0.1, 0.15) is 17.2 Å². The first-order chi connectivity index (χ1) is 23.0. The number of rotatable bonds is 7. The van der Waals surface area contributed by atoms with Crippen molar-refractivity contribution in [1.82, 2.24) is 29.7 Å². The van der Waals surface area contributed by atoms with Crippen molar-refractivity contribution >= 4 is 40.5 Å². The number of benzene rings is 3. The molecule has 0 bridgehead atoms. The number of amides is 3. The van der Waals surface area contributed by atoms with Crippen LogP contribution in [0.25, 0.3) is 11.0 Å². The van der Waals surface area contributed by atoms with Gasteiger partial charge in [0, 0.05) is 24.9 Å². The number of aliphatic hydroxyl groups excluding tert-OH is 1. The lowest BCUT2D eigenvalue weighted by molar-refractivity contribution is -0.147. The lowest BCUT2D eigenvalue weighted by Crippen LogP contribution is -2.54. The first kappa shape index (κ1) is 29.6. The lowest BCUT2D eigenvalue weighted by Gasteiger charge is -2.38. The fraction of sp³-hybridized carbons (Fsp3) is 0.306. The molecule has 2 saturated heterocycles. The summed E-state index contributed by atoms with van der Waals surface area (Å²) >= 11 is 1.53. The highest BCUT2D eigenvalue weighted by Crippen LogP contribution is 2.62. The largest absolute Gasteiger partial charge is 0.394 e. The number of likely N-dealkylation sites (tertiary alicyclic amines) is 1. The minimum absolute atomic E-state index is 0.0940. The van der Waals surface area contributed by atoms with Crippen molar-refractivity contribution in [3.63, 3.8) is 0 Å². The summed E-state index contributed by atoms with van der Waals surface area (Å²) in [7, 11) is 0. The maximum Gasteiger partial charge on any atom is 0.248 e. The number of hydrogen-bond donors (Lipinski definition) is 1. The van der Waals surface area contributed by atoms with E-state index >= 15 is 0 Å². The molecule has 0 aliphatic carbocycles. The summed E-state index contributed by atoms with van der Waals surface area (Å²) in [5, 5.41) is 19.1. The predicted octanol–water partition coefficient (Wildman–Crippen LogP) is 3.42. The Hall–Kier alpha value is -4.74. The fourth-order valence-corrected chi connectivity index (χ4v) is 9.79. The first-order valence-corrected chi connectivity index (χ1v) is 16.8. The normalized spacial score (nSPS) is 27.5. The zero-order valence-corrected chi connectivity index (χ0v) is 26.4. The van der Waals surface area contributed by atoms with E-state index in [1.165, 1.54) is 11.8 Å². The Kier molecular flexibility index (Phi) is 7.45. The van der Waals surface area contributed by atoms with Gasteiger partial charge in [0.25, 0.3) is 0 Å². The van der Waals surface area contributed by atoms with E-state index in [-0.39, 0.29) is 36.2 Å². The molecule has 4 aliphatic rings. The third-order valence-electron chi connectivity index (χ3n) is 9.90. The summed E-state index contributed by atoms with van der Waals surface area (Å²) < 4.78 is 0.679. The molecule has 11 heteroatoms. The van der Waals surface area contributed by atoms with Crippen LogP contribution in [-0.4, -0.2) is 88.3 Å². The van der Waals surface area contributed by atoms with Gasteiger partial charge in [0.15, 0.2) is 0 Å². The van der Waals surface area contributed by atoms with Gasteiger partial charge >= 0.3 is 0 Å². The van der Waals surface area contributed by atoms with Gasteiger partial charge in [-0.15, -0.1) is 16.9 Å². The Morgan fingerprint density at radius 1 is 0.851 bits per heavy atom. The third kappa shape index (κ3) is 4.79. The molecule has 2 fully saturated rings. The van der Waals surface area contributed by atoms with Crippen LogP contribution in [0.5, 0.6) is 0 Å². The summed E-state index contributed by atoms with van der Waals surface area (Å²) in [5.41, 5.74) is 3.26. The van der Waals surface area contributed by atoms with Gasteiger partial charge in [-0.1, -0.05) is 102 Å². The highest BCUT2D eigenvalue weighted by Gasteiger charge is 2.71. The van der Waals surface area contributed by atoms with Crippen molar-refractivity contribution in [3.8, 4) is 0 Å². The van der Waals surface area contributed by atoms with Crippen LogP contribution in [0.15, 0.2) is 109 Å². The van der Waals surface area contributed by atoms with Gasteiger partial charge in [-0.3, -0.25) is 14.4 Å². The molecule has 3 aromatic carbocycles. The van der Waals surface area contributed by atoms with E-state index < -0.39 is 28.7 Å². The topological polar surface area (TPSA) is 112 Å². The van der Waals surface area contributed by atoms with Gasteiger partial charge in [-0.25, -0.2) is 4.68 Å². The standard InChI is InChI=1S/C36H34N6O4S/c43-22-28(25-13-5-2-6-14-25)42-32-35(46)40(23-41-27-16-8-7-15-26(27)37-38-41)20-10-18-36(32)31(34(42)45)30-29(47-36)17-9-19-39(33(30)44)21-24-11-3-1-4-12-24/h1-18,28-32,43H,19-23H2/t28-,29-,30+,31+,32?,36+/m1/s1. The van der Waals surface area contributed by atoms with Crippen molar-refractivity contribution < 1.29 is 19.5 Å². The molecule has 8 rings (SSSR count). The number of fused-ring (bicyclic) bond motifs is 3. The van der Waals surface area contributed by atoms with Gasteiger partial charge in [0.05, 0.1) is 34.7 Å². The Labute approximate surface area is 276 Å². The number of hydrogen-bond acceptors (Lipinski definition) is 7. The first-order valence-electron chi connectivity index (χ1n) is 15.9. The minimum atomic E-state index is -1.01. The monoisotopic (exact) mass is 646 g/mol. The maximum atomic E-state index is 14.9. The number of thioether (sulfide) groups is 1. The quantitative estimate of drug-likeness (QED) is 0.307. The van der Waals surface area contributed by atoms with Crippen LogP contribution in [0.3, 0.4) is 0 Å². The third-order valence-corrected chi connectivity index (χ3v) is 11.6. The van der Waals surface area contributed by atoms with E-state index in [4.69, 9.17) is 0 Å². The van der Waals surface area contributed by atoms with E-state index in [0.717, 1.165) is 22.2 Å². The highest BCUT2D eigenvalue weighted by molar-refractivity contribution is 8.02. The van der Waals surface area contributed by atoms with Crippen LogP contribution >= 0.6 is 11.8 Å². The molecular weight excluding hydrogens is 613 g/mol. The average molecular weight is 647 g/mol. The second-order valence-electron chi connectivity index (χ2n) is 12.5. The van der Waals surface area contributed by atoms with Crippen LogP contribution in [-0.2, 0) is 27.6 Å². The van der Waals surface area contributed by atoms with Crippen molar-refractivity contribution in [3.05, 3.63) is 120 Å². The van der Waals surface area contributed by atoms with Crippen LogP contribution in [0.2, 0.25) is 0 Å². The SMILES string of the molecule is O=C1C2N([C@H](CO)c3ccccc3)C(=O)[C@@H]3[C@H]4C(=O)N(Cc5ccccc5)CC=C[C@H]4S[C@]23C=CCN1Cn1nnc2ccccc21. The highest BCUT2D eigenvalue weighted by atomic mass is 32.2. The Morgan fingerprint density at radius 2 is 1.57 bits per heavy atom. The fourth-order valence-electron chi connectivity index (χ4n) is 7.80. The summed E-state index contributed by atoms with van der Waals surface area (Å²) in [4.78, 5) is 49.4. The summed E-state index contributed by atoms with van der Waals surface area (Å²) in [6, 6.07) is 25.0. The Balaban J connectivity index is 1.21. The molecule has 4 aromatic rings. The Bertz CT molecular complexity index is 1900. The van der Waals surface area contributed by atoms with Crippen molar-refractivity contribution in [2.24, 2.45) is 11.8 Å². The number of para-hydroxylation sites is 1. The number of carbonyl (C=O) groups excluding carboxylic acids is 3. The molecule has 0 radical (unpaired) electrons. The lowest BCUT2D eigenvalue weighted by atomic mass is 9.78. The van der Waals surface area contributed by atoms with E-state index in [1.807, 2.05) is 114 Å². The van der Waals surface area contributed by atoms with Crippen LogP contribution < -0.4 is 0 Å². The average Bonchev–Trinajstić information content (AvgIpc) is 3.66. The second kappa shape index (κ2) is 11.8. The van der Waals surface area contributed by atoms with Gasteiger partial charge in [0.1, 0.15) is 18.2 Å². The molecular formula is C36H34N6O4S. The molecule has 1 unspecified atom stereocenters. The second-order valence-corrected chi connectivity index (χ2v) is 14.0. The molecule has 238 valence electrons. The van der Waals surface area contributed by atoms with Crippen LogP contribution in [0, 0.1) is 11.8 Å². The van der Waals surface area contributed by atoms with E-state index in [0.29, 0.717) is 19.6 Å². The molecule has 3 amide bonds. The predicted molar refractivity (Wildman–Crippen MR) is 177 cm³/mol. The molecule has 0 saturated carbocycles. The van der Waals surface area contributed by atoms with Crippen molar-refractivity contribution in [1.29, 1.82) is 0 Å². The number of aliphatic hydroxyl groups is 1. The molecule has 10 nitrogen and oxygen atoms in total. The smallest absolute Gasteiger partial charge is 0.248 e. The summed E-state index contributed by atoms with van der Waals surface area (Å²) in [6.07, 6.45) is 8.01. The van der Waals surface area contributed by atoms with Crippen LogP contribution in [0.4, 0.5) is 0 Å². The molecule has 47 heavy (non-hydrogen) atoms. The van der Waals surface area contributed by atoms with E-state index in [2.05, 4.69) is 10.3 Å². The number of carbonyl (C=O) groups is 3. The van der Waals surface area contributed by atoms with Gasteiger partial charge in [-0.2, -0.15) is 0 Å². The minimum Gasteiger partial charge on any atom is -0.394 e. The molecule has 1 spiro atoms. The number of aromatic nitrogens is 3. The molecule has 1 N–H and O–H groups in total. The Morgan fingerprint density at radius 3 is 2.36 bits per heavy atom. The van der Waals surface area contributed by atoms with Crippen molar-refractivity contribution in [2.75, 3.05) is 19.7 Å². The maximum absolute atomic E-state index is 14.9. The zero-order valence-electron chi connectivity index (χ0n) is 25.6. The van der Waals surface area contributed by atoms with E-state index in [9.17, 15) is 19.5 Å². The van der Waals surface area contributed by atoms with Gasteiger partial charge in [0.2, 0.25) is 17.7 Å². The molecule has 1 aromatic heterocycles. The van der Waals surface area contributed by atoms with Gasteiger partial charge < -0.3 is 19.8 Å². The summed E-state index contributed by atoms with van der Waals surface area (Å²) in [6.45, 7) is 0.942. The van der Waals surface area contributed by atoms with E-state index in [1.54, 1.807) is 14.5 Å². The molecule has 6 atom stereocenters. The van der Waals surface area contributed by atoms with Crippen molar-refractivity contribution in [2.45, 2.75) is 35.3 Å². The van der Waals surface area contributed by atoms with Gasteiger partial charge in [-0.05, 0) is 23.3 Å². The zero-order chi connectivity index (χ0) is 32.1. The molecule has 5 heterocycles. The summed E-state index contributed by atoms with van der Waals surface area (Å²) in [5.74, 6) is -2.08.